The monoisotopic (exact) mass is 196 g/mol. The van der Waals surface area contributed by atoms with E-state index in [2.05, 4.69) is 0 Å². The molecule has 72 valence electrons. The molecule has 0 unspecified atom stereocenters. The summed E-state index contributed by atoms with van der Waals surface area (Å²) in [5.74, 6) is 0. The van der Waals surface area contributed by atoms with E-state index >= 15 is 0 Å². The maximum absolute atomic E-state index is 9.22. The lowest BCUT2D eigenvalue weighted by molar-refractivity contribution is -0.0953. The van der Waals surface area contributed by atoms with Gasteiger partial charge in [-0.15, -0.1) is 11.8 Å². The van der Waals surface area contributed by atoms with Gasteiger partial charge in [-0.3, -0.25) is 0 Å². The van der Waals surface area contributed by atoms with Crippen LogP contribution in [-0.2, 0) is 0 Å². The van der Waals surface area contributed by atoms with Gasteiger partial charge in [0.25, 0.3) is 0 Å². The summed E-state index contributed by atoms with van der Waals surface area (Å²) in [6.07, 6.45) is -3.94. The molecule has 5 N–H and O–H groups in total. The van der Waals surface area contributed by atoms with E-state index in [1.54, 1.807) is 0 Å². The van der Waals surface area contributed by atoms with E-state index in [9.17, 15) is 5.11 Å². The average molecular weight is 196 g/mol. The van der Waals surface area contributed by atoms with E-state index in [1.807, 2.05) is 0 Å². The van der Waals surface area contributed by atoms with Gasteiger partial charge >= 0.3 is 0 Å². The molecule has 0 aromatic carbocycles. The van der Waals surface area contributed by atoms with Crippen LogP contribution in [0, 0.1) is 0 Å². The lowest BCUT2D eigenvalue weighted by Crippen LogP contribution is -2.53. The van der Waals surface area contributed by atoms with Crippen LogP contribution in [0.2, 0.25) is 0 Å². The van der Waals surface area contributed by atoms with Crippen molar-refractivity contribution in [3.8, 4) is 0 Å². The molecule has 0 bridgehead atoms. The zero-order chi connectivity index (χ0) is 9.30. The normalized spacial score (nSPS) is 49.2. The number of hydrogen-bond acceptors (Lipinski definition) is 6. The van der Waals surface area contributed by atoms with E-state index in [0.29, 0.717) is 0 Å². The second-order valence-electron chi connectivity index (χ2n) is 2.72. The lowest BCUT2D eigenvalue weighted by atomic mass is 10.0. The first-order valence-corrected chi connectivity index (χ1v) is 4.50. The summed E-state index contributed by atoms with van der Waals surface area (Å²) in [6, 6.07) is 0. The van der Waals surface area contributed by atoms with E-state index in [-0.39, 0.29) is 6.61 Å². The largest absolute Gasteiger partial charge is 0.395 e. The van der Waals surface area contributed by atoms with Gasteiger partial charge in [-0.25, -0.2) is 0 Å². The highest BCUT2D eigenvalue weighted by Gasteiger charge is 2.42. The molecule has 5 nitrogen and oxygen atoms in total. The van der Waals surface area contributed by atoms with Crippen LogP contribution in [0.1, 0.15) is 0 Å². The van der Waals surface area contributed by atoms with Crippen molar-refractivity contribution in [3.63, 3.8) is 0 Å². The fourth-order valence-corrected chi connectivity index (χ4v) is 2.17. The number of thioether (sulfide) groups is 1. The number of hydrogen-bond donors (Lipinski definition) is 5. The Bertz CT molecular complexity index is 150. The summed E-state index contributed by atoms with van der Waals surface area (Å²) in [5, 5.41) is 44.6. The van der Waals surface area contributed by atoms with Gasteiger partial charge in [0, 0.05) is 0 Å². The summed E-state index contributed by atoms with van der Waals surface area (Å²) >= 11 is 0.852. The Hall–Kier alpha value is 0.150. The molecule has 1 saturated heterocycles. The van der Waals surface area contributed by atoms with E-state index < -0.39 is 29.0 Å². The Kier molecular flexibility index (Phi) is 3.33. The summed E-state index contributed by atoms with van der Waals surface area (Å²) in [4.78, 5) is 0. The van der Waals surface area contributed by atoms with E-state index in [0.717, 1.165) is 11.8 Å². The topological polar surface area (TPSA) is 101 Å². The van der Waals surface area contributed by atoms with Crippen molar-refractivity contribution in [2.45, 2.75) is 29.0 Å². The fraction of sp³-hybridized carbons (Fsp3) is 1.00. The second-order valence-corrected chi connectivity index (χ2v) is 4.08. The fourth-order valence-electron chi connectivity index (χ4n) is 1.08. The molecule has 0 saturated carbocycles. The predicted octanol–water partition coefficient (Wildman–Crippen LogP) is -2.50. The third-order valence-corrected chi connectivity index (χ3v) is 3.20. The highest BCUT2D eigenvalue weighted by molar-refractivity contribution is 8.00. The van der Waals surface area contributed by atoms with Gasteiger partial charge in [0.05, 0.1) is 18.0 Å². The van der Waals surface area contributed by atoms with Crippen LogP contribution in [0.5, 0.6) is 0 Å². The summed E-state index contributed by atoms with van der Waals surface area (Å²) in [5.41, 5.74) is -1.15. The van der Waals surface area contributed by atoms with Crippen molar-refractivity contribution in [3.05, 3.63) is 0 Å². The van der Waals surface area contributed by atoms with Crippen LogP contribution >= 0.6 is 11.8 Å². The predicted molar refractivity (Wildman–Crippen MR) is 42.5 cm³/mol. The molecule has 0 aromatic heterocycles. The van der Waals surface area contributed by atoms with Gasteiger partial charge in [-0.2, -0.15) is 0 Å². The average Bonchev–Trinajstić information content (AvgIpc) is 2.08. The van der Waals surface area contributed by atoms with Crippen molar-refractivity contribution < 1.29 is 25.5 Å². The Morgan fingerprint density at radius 3 is 2.00 bits per heavy atom. The minimum Gasteiger partial charge on any atom is -0.395 e. The van der Waals surface area contributed by atoms with Crippen LogP contribution in [0.15, 0.2) is 0 Å². The van der Waals surface area contributed by atoms with Crippen molar-refractivity contribution in [2.75, 3.05) is 6.61 Å². The van der Waals surface area contributed by atoms with Gasteiger partial charge < -0.3 is 25.5 Å². The summed E-state index contributed by atoms with van der Waals surface area (Å²) < 4.78 is 0. The Balaban J connectivity index is 2.63. The van der Waals surface area contributed by atoms with E-state index in [4.69, 9.17) is 20.4 Å². The van der Waals surface area contributed by atoms with Crippen molar-refractivity contribution in [1.82, 2.24) is 0 Å². The van der Waals surface area contributed by atoms with Gasteiger partial charge in [0.2, 0.25) is 0 Å². The molecule has 5 atom stereocenters. The first kappa shape index (κ1) is 10.2. The minimum absolute atomic E-state index is 0.341. The molecule has 0 aromatic rings. The van der Waals surface area contributed by atoms with Gasteiger partial charge in [-0.05, 0) is 0 Å². The standard InChI is InChI=1S/C6H12O5S/c7-1-2-3(8)4(9)5(10)6(11)12-2/h2-11H,1H2/t2-,3-,4+,5-,6+/m0/s1. The summed E-state index contributed by atoms with van der Waals surface area (Å²) in [6.45, 7) is -0.341. The molecule has 1 aliphatic heterocycles. The molecule has 1 aliphatic rings. The molecule has 0 spiro atoms. The molecular formula is C6H12O5S. The molecule has 1 heterocycles. The molecule has 0 aliphatic carbocycles. The molecule has 1 rings (SSSR count). The Morgan fingerprint density at radius 1 is 0.917 bits per heavy atom. The van der Waals surface area contributed by atoms with Crippen LogP contribution in [0.4, 0.5) is 0 Å². The maximum Gasteiger partial charge on any atom is 0.128 e. The number of aliphatic hydroxyl groups excluding tert-OH is 5. The van der Waals surface area contributed by atoms with Gasteiger partial charge in [0.15, 0.2) is 0 Å². The molecule has 12 heavy (non-hydrogen) atoms. The zero-order valence-electron chi connectivity index (χ0n) is 6.24. The maximum atomic E-state index is 9.22. The lowest BCUT2D eigenvalue weighted by Gasteiger charge is -2.36. The van der Waals surface area contributed by atoms with Crippen molar-refractivity contribution in [2.24, 2.45) is 0 Å². The number of rotatable bonds is 1. The van der Waals surface area contributed by atoms with Crippen molar-refractivity contribution >= 4 is 11.8 Å². The summed E-state index contributed by atoms with van der Waals surface area (Å²) in [7, 11) is 0. The van der Waals surface area contributed by atoms with Gasteiger partial charge in [0.1, 0.15) is 17.6 Å². The third kappa shape index (κ3) is 1.73. The van der Waals surface area contributed by atoms with Gasteiger partial charge in [-0.1, -0.05) is 0 Å². The number of aliphatic hydroxyl groups is 5. The quantitative estimate of drug-likeness (QED) is 0.318. The van der Waals surface area contributed by atoms with E-state index in [1.165, 1.54) is 0 Å². The third-order valence-electron chi connectivity index (χ3n) is 1.87. The van der Waals surface area contributed by atoms with Crippen molar-refractivity contribution in [1.29, 1.82) is 0 Å². The van der Waals surface area contributed by atoms with Crippen LogP contribution in [0.3, 0.4) is 0 Å². The Labute approximate surface area is 73.7 Å². The minimum atomic E-state index is -1.39. The zero-order valence-corrected chi connectivity index (χ0v) is 7.05. The molecule has 0 radical (unpaired) electrons. The molecule has 0 amide bonds. The SMILES string of the molecule is OC[C@@H]1S[C@@H](O)[C@@H](O)[C@H](O)[C@H]1O. The smallest absolute Gasteiger partial charge is 0.128 e. The Morgan fingerprint density at radius 2 is 1.50 bits per heavy atom. The highest BCUT2D eigenvalue weighted by Crippen LogP contribution is 2.30. The first-order chi connectivity index (χ1) is 5.57. The van der Waals surface area contributed by atoms with Crippen LogP contribution < -0.4 is 0 Å². The van der Waals surface area contributed by atoms with Crippen LogP contribution in [0.25, 0.3) is 0 Å². The first-order valence-electron chi connectivity index (χ1n) is 3.56. The molecular weight excluding hydrogens is 184 g/mol. The highest BCUT2D eigenvalue weighted by atomic mass is 32.2. The molecule has 6 heteroatoms. The van der Waals surface area contributed by atoms with Crippen LogP contribution in [-0.4, -0.2) is 61.1 Å². The second kappa shape index (κ2) is 3.91. The molecule has 1 fully saturated rings.